The van der Waals surface area contributed by atoms with Gasteiger partial charge in [0.05, 0.1) is 13.2 Å². The SMILES string of the molecule is COc1ccc(/C=C/C(=O)NC(C)c2ccc3c(c2)CCC3)cc1. The first-order valence-electron chi connectivity index (χ1n) is 8.40. The van der Waals surface area contributed by atoms with E-state index < -0.39 is 0 Å². The minimum Gasteiger partial charge on any atom is -0.497 e. The average molecular weight is 321 g/mol. The maximum absolute atomic E-state index is 12.1. The third-order valence-corrected chi connectivity index (χ3v) is 4.52. The van der Waals surface area contributed by atoms with Crippen molar-refractivity contribution in [3.8, 4) is 5.75 Å². The highest BCUT2D eigenvalue weighted by Gasteiger charge is 2.14. The second kappa shape index (κ2) is 7.35. The summed E-state index contributed by atoms with van der Waals surface area (Å²) in [6.07, 6.45) is 6.96. The van der Waals surface area contributed by atoms with E-state index in [9.17, 15) is 4.79 Å². The van der Waals surface area contributed by atoms with Crippen molar-refractivity contribution in [2.45, 2.75) is 32.2 Å². The molecule has 1 amide bonds. The van der Waals surface area contributed by atoms with Gasteiger partial charge in [0.2, 0.25) is 5.91 Å². The molecule has 1 aliphatic rings. The fourth-order valence-electron chi connectivity index (χ4n) is 3.09. The molecule has 0 aromatic heterocycles. The molecule has 0 saturated heterocycles. The number of aryl methyl sites for hydroxylation is 2. The number of nitrogens with one attached hydrogen (secondary N) is 1. The van der Waals surface area contributed by atoms with Crippen LogP contribution in [-0.2, 0) is 17.6 Å². The van der Waals surface area contributed by atoms with Gasteiger partial charge in [-0.05, 0) is 66.6 Å². The topological polar surface area (TPSA) is 38.3 Å². The second-order valence-corrected chi connectivity index (χ2v) is 6.22. The Balaban J connectivity index is 1.60. The highest BCUT2D eigenvalue weighted by Crippen LogP contribution is 2.25. The van der Waals surface area contributed by atoms with E-state index in [4.69, 9.17) is 4.74 Å². The first kappa shape index (κ1) is 16.3. The zero-order valence-corrected chi connectivity index (χ0v) is 14.2. The van der Waals surface area contributed by atoms with Crippen LogP contribution >= 0.6 is 0 Å². The summed E-state index contributed by atoms with van der Waals surface area (Å²) in [5.74, 6) is 0.723. The number of hydrogen-bond acceptors (Lipinski definition) is 2. The summed E-state index contributed by atoms with van der Waals surface area (Å²) >= 11 is 0. The number of rotatable bonds is 5. The van der Waals surface area contributed by atoms with E-state index in [-0.39, 0.29) is 11.9 Å². The number of carbonyl (C=O) groups is 1. The molecular weight excluding hydrogens is 298 g/mol. The van der Waals surface area contributed by atoms with E-state index >= 15 is 0 Å². The molecule has 0 aliphatic heterocycles. The molecule has 3 rings (SSSR count). The smallest absolute Gasteiger partial charge is 0.244 e. The Bertz CT molecular complexity index is 747. The van der Waals surface area contributed by atoms with E-state index in [1.54, 1.807) is 13.2 Å². The van der Waals surface area contributed by atoms with Crippen molar-refractivity contribution in [3.05, 3.63) is 70.8 Å². The van der Waals surface area contributed by atoms with Crippen LogP contribution in [-0.4, -0.2) is 13.0 Å². The molecular formula is C21H23NO2. The monoisotopic (exact) mass is 321 g/mol. The molecule has 1 aliphatic carbocycles. The largest absolute Gasteiger partial charge is 0.497 e. The maximum atomic E-state index is 12.1. The molecule has 0 fully saturated rings. The van der Waals surface area contributed by atoms with Crippen molar-refractivity contribution < 1.29 is 9.53 Å². The zero-order valence-electron chi connectivity index (χ0n) is 14.2. The van der Waals surface area contributed by atoms with Crippen molar-refractivity contribution in [2.75, 3.05) is 7.11 Å². The van der Waals surface area contributed by atoms with Crippen molar-refractivity contribution in [3.63, 3.8) is 0 Å². The Hall–Kier alpha value is -2.55. The van der Waals surface area contributed by atoms with E-state index in [1.165, 1.54) is 29.5 Å². The number of amides is 1. The van der Waals surface area contributed by atoms with Crippen LogP contribution in [0.25, 0.3) is 6.08 Å². The van der Waals surface area contributed by atoms with Gasteiger partial charge in [-0.2, -0.15) is 0 Å². The fraction of sp³-hybridized carbons (Fsp3) is 0.286. The Morgan fingerprint density at radius 2 is 1.88 bits per heavy atom. The van der Waals surface area contributed by atoms with E-state index in [0.717, 1.165) is 17.7 Å². The van der Waals surface area contributed by atoms with Crippen molar-refractivity contribution in [1.82, 2.24) is 5.32 Å². The Morgan fingerprint density at radius 1 is 1.12 bits per heavy atom. The van der Waals surface area contributed by atoms with Gasteiger partial charge in [0.25, 0.3) is 0 Å². The molecule has 0 spiro atoms. The van der Waals surface area contributed by atoms with E-state index in [2.05, 4.69) is 23.5 Å². The second-order valence-electron chi connectivity index (χ2n) is 6.22. The van der Waals surface area contributed by atoms with Gasteiger partial charge < -0.3 is 10.1 Å². The summed E-state index contributed by atoms with van der Waals surface area (Å²) in [5.41, 5.74) is 5.03. The highest BCUT2D eigenvalue weighted by molar-refractivity contribution is 5.92. The van der Waals surface area contributed by atoms with Gasteiger partial charge in [-0.3, -0.25) is 4.79 Å². The van der Waals surface area contributed by atoms with Gasteiger partial charge >= 0.3 is 0 Å². The molecule has 3 heteroatoms. The van der Waals surface area contributed by atoms with E-state index in [1.807, 2.05) is 37.3 Å². The van der Waals surface area contributed by atoms with Crippen LogP contribution in [0.1, 0.15) is 41.6 Å². The van der Waals surface area contributed by atoms with Crippen LogP contribution < -0.4 is 10.1 Å². The third-order valence-electron chi connectivity index (χ3n) is 4.52. The van der Waals surface area contributed by atoms with Gasteiger partial charge in [0.1, 0.15) is 5.75 Å². The van der Waals surface area contributed by atoms with Crippen LogP contribution in [0.2, 0.25) is 0 Å². The lowest BCUT2D eigenvalue weighted by molar-refractivity contribution is -0.117. The molecule has 1 unspecified atom stereocenters. The molecule has 124 valence electrons. The molecule has 3 nitrogen and oxygen atoms in total. The molecule has 2 aromatic rings. The predicted molar refractivity (Wildman–Crippen MR) is 97.1 cm³/mol. The third kappa shape index (κ3) is 3.85. The number of methoxy groups -OCH3 is 1. The van der Waals surface area contributed by atoms with Gasteiger partial charge in [-0.15, -0.1) is 0 Å². The highest BCUT2D eigenvalue weighted by atomic mass is 16.5. The molecule has 0 bridgehead atoms. The molecule has 1 N–H and O–H groups in total. The van der Waals surface area contributed by atoms with E-state index in [0.29, 0.717) is 0 Å². The molecule has 0 saturated carbocycles. The van der Waals surface area contributed by atoms with Crippen LogP contribution in [0.5, 0.6) is 5.75 Å². The summed E-state index contributed by atoms with van der Waals surface area (Å²) in [5, 5.41) is 3.03. The van der Waals surface area contributed by atoms with Crippen LogP contribution in [0.3, 0.4) is 0 Å². The lowest BCUT2D eigenvalue weighted by atomic mass is 10.0. The lowest BCUT2D eigenvalue weighted by Gasteiger charge is -2.14. The summed E-state index contributed by atoms with van der Waals surface area (Å²) < 4.78 is 5.12. The standard InChI is InChI=1S/C21H23NO2/c1-15(18-10-9-17-4-3-5-19(17)14-18)22-21(23)13-8-16-6-11-20(24-2)12-7-16/h6-15H,3-5H2,1-2H3,(H,22,23)/b13-8+. The van der Waals surface area contributed by atoms with Gasteiger partial charge in [0.15, 0.2) is 0 Å². The predicted octanol–water partition coefficient (Wildman–Crippen LogP) is 4.07. The quantitative estimate of drug-likeness (QED) is 0.843. The van der Waals surface area contributed by atoms with Crippen LogP contribution in [0, 0.1) is 0 Å². The molecule has 0 radical (unpaired) electrons. The van der Waals surface area contributed by atoms with Crippen molar-refractivity contribution in [1.29, 1.82) is 0 Å². The number of hydrogen-bond donors (Lipinski definition) is 1. The van der Waals surface area contributed by atoms with Crippen molar-refractivity contribution >= 4 is 12.0 Å². The minimum absolute atomic E-state index is 0.00363. The number of carbonyl (C=O) groups excluding carboxylic acids is 1. The molecule has 24 heavy (non-hydrogen) atoms. The Labute approximate surface area is 143 Å². The Morgan fingerprint density at radius 3 is 2.62 bits per heavy atom. The van der Waals surface area contributed by atoms with Crippen molar-refractivity contribution in [2.24, 2.45) is 0 Å². The van der Waals surface area contributed by atoms with Crippen LogP contribution in [0.15, 0.2) is 48.5 Å². The number of benzene rings is 2. The maximum Gasteiger partial charge on any atom is 0.244 e. The summed E-state index contributed by atoms with van der Waals surface area (Å²) in [7, 11) is 1.64. The minimum atomic E-state index is -0.0844. The Kier molecular flexibility index (Phi) is 4.99. The number of ether oxygens (including phenoxy) is 1. The summed E-state index contributed by atoms with van der Waals surface area (Å²) in [6, 6.07) is 14.2. The van der Waals surface area contributed by atoms with Gasteiger partial charge in [0, 0.05) is 6.08 Å². The summed E-state index contributed by atoms with van der Waals surface area (Å²) in [6.45, 7) is 2.02. The molecule has 1 atom stereocenters. The molecule has 0 heterocycles. The fourth-order valence-corrected chi connectivity index (χ4v) is 3.09. The normalized spacial score (nSPS) is 14.4. The first-order valence-corrected chi connectivity index (χ1v) is 8.40. The average Bonchev–Trinajstić information content (AvgIpc) is 3.08. The first-order chi connectivity index (χ1) is 11.7. The van der Waals surface area contributed by atoms with Gasteiger partial charge in [-0.25, -0.2) is 0 Å². The van der Waals surface area contributed by atoms with Gasteiger partial charge in [-0.1, -0.05) is 30.3 Å². The number of fused-ring (bicyclic) bond motifs is 1. The summed E-state index contributed by atoms with van der Waals surface area (Å²) in [4.78, 5) is 12.1. The van der Waals surface area contributed by atoms with Crippen LogP contribution in [0.4, 0.5) is 0 Å². The lowest BCUT2D eigenvalue weighted by Crippen LogP contribution is -2.24. The molecule has 2 aromatic carbocycles. The zero-order chi connectivity index (χ0) is 16.9.